The summed E-state index contributed by atoms with van der Waals surface area (Å²) < 4.78 is 325. The van der Waals surface area contributed by atoms with Gasteiger partial charge in [0.15, 0.2) is 0 Å². The summed E-state index contributed by atoms with van der Waals surface area (Å²) in [6.45, 7) is 0. The van der Waals surface area contributed by atoms with Crippen LogP contribution in [0.2, 0.25) is 0 Å². The fraction of sp³-hybridized carbons (Fsp3) is 0.462. The molecule has 6 nitrogen and oxygen atoms in total. The Bertz CT molecular complexity index is 1780. The molecule has 2 amide bonds. The maximum atomic E-state index is 14.5. The molecule has 0 unspecified atom stereocenters. The van der Waals surface area contributed by atoms with E-state index in [2.05, 4.69) is 10.2 Å². The van der Waals surface area contributed by atoms with Gasteiger partial charge in [0, 0.05) is 5.69 Å². The number of anilines is 2. The first-order chi connectivity index (χ1) is 24.9. The van der Waals surface area contributed by atoms with Crippen molar-refractivity contribution in [2.45, 2.75) is 72.1 Å². The number of carbonyl (C=O) groups is 2. The van der Waals surface area contributed by atoms with Crippen molar-refractivity contribution in [3.8, 4) is 0 Å². The van der Waals surface area contributed by atoms with Gasteiger partial charge in [-0.15, -0.1) is 5.11 Å². The molecule has 0 saturated carbocycles. The molecule has 0 atom stereocenters. The van der Waals surface area contributed by atoms with Gasteiger partial charge >= 0.3 is 83.9 Å². The SMILES string of the molecule is O=C(Nc1ccc(N=Nc2ccccc2)c(NC(=O)C(F)(F)C(F)(F)C(F)(F)C(F)(F)C(F)(F)C(F)F)c1)C(F)(F)C(F)(F)C(F)(F)C(F)(F)C(F)(F)C(F)F. The zero-order valence-electron chi connectivity index (χ0n) is 25.6. The fourth-order valence-corrected chi connectivity index (χ4v) is 3.58. The van der Waals surface area contributed by atoms with E-state index in [4.69, 9.17) is 0 Å². The van der Waals surface area contributed by atoms with Gasteiger partial charge in [-0.1, -0.05) is 18.2 Å². The molecule has 0 aliphatic heterocycles. The third kappa shape index (κ3) is 7.33. The van der Waals surface area contributed by atoms with Crippen molar-refractivity contribution in [1.82, 2.24) is 0 Å². The number of nitrogens with zero attached hydrogens (tertiary/aromatic N) is 2. The molecular formula is C26H12F24N4O2. The number of halogens is 24. The number of nitrogens with one attached hydrogen (secondary N) is 2. The summed E-state index contributed by atoms with van der Waals surface area (Å²) in [5.74, 6) is -86.8. The molecular weight excluding hydrogens is 856 g/mol. The molecule has 2 aromatic carbocycles. The Balaban J connectivity index is 2.68. The minimum atomic E-state index is -8.28. The van der Waals surface area contributed by atoms with Gasteiger partial charge in [-0.2, -0.15) is 92.9 Å². The molecule has 30 heteroatoms. The van der Waals surface area contributed by atoms with Crippen molar-refractivity contribution in [2.24, 2.45) is 10.2 Å². The first kappa shape index (κ1) is 47.5. The van der Waals surface area contributed by atoms with Crippen LogP contribution in [-0.4, -0.2) is 83.9 Å². The van der Waals surface area contributed by atoms with E-state index in [1.807, 2.05) is 0 Å². The highest BCUT2D eigenvalue weighted by atomic mass is 19.4. The van der Waals surface area contributed by atoms with Gasteiger partial charge in [0.05, 0.1) is 11.4 Å². The highest BCUT2D eigenvalue weighted by molar-refractivity contribution is 6.01. The number of alkyl halides is 24. The van der Waals surface area contributed by atoms with Crippen molar-refractivity contribution in [3.05, 3.63) is 48.5 Å². The van der Waals surface area contributed by atoms with Gasteiger partial charge in [-0.05, 0) is 30.3 Å². The molecule has 56 heavy (non-hydrogen) atoms. The summed E-state index contributed by atoms with van der Waals surface area (Å²) in [6.07, 6.45) is -11.9. The third-order valence-corrected chi connectivity index (χ3v) is 6.85. The molecule has 0 spiro atoms. The van der Waals surface area contributed by atoms with Crippen LogP contribution in [0.5, 0.6) is 0 Å². The van der Waals surface area contributed by atoms with Crippen molar-refractivity contribution in [3.63, 3.8) is 0 Å². The molecule has 0 aliphatic carbocycles. The van der Waals surface area contributed by atoms with E-state index in [0.717, 1.165) is 12.1 Å². The number of hydrogen-bond donors (Lipinski definition) is 2. The van der Waals surface area contributed by atoms with Gasteiger partial charge in [0.25, 0.3) is 0 Å². The van der Waals surface area contributed by atoms with Crippen LogP contribution < -0.4 is 10.6 Å². The number of hydrogen-bond acceptors (Lipinski definition) is 4. The minimum absolute atomic E-state index is 0.00664. The zero-order valence-corrected chi connectivity index (χ0v) is 25.6. The highest BCUT2D eigenvalue weighted by Crippen LogP contribution is 2.60. The summed E-state index contributed by atoms with van der Waals surface area (Å²) >= 11 is 0. The molecule has 2 rings (SSSR count). The van der Waals surface area contributed by atoms with Crippen molar-refractivity contribution >= 4 is 34.6 Å². The van der Waals surface area contributed by atoms with Crippen LogP contribution in [0, 0.1) is 0 Å². The lowest BCUT2D eigenvalue weighted by molar-refractivity contribution is -0.406. The summed E-state index contributed by atoms with van der Waals surface area (Å²) in [5.41, 5.74) is -5.34. The summed E-state index contributed by atoms with van der Waals surface area (Å²) in [4.78, 5) is 24.0. The lowest BCUT2D eigenvalue weighted by Crippen LogP contribution is -2.70. The Hall–Kier alpha value is -4.70. The van der Waals surface area contributed by atoms with E-state index in [1.165, 1.54) is 18.2 Å². The maximum absolute atomic E-state index is 14.5. The average Bonchev–Trinajstić information content (AvgIpc) is 3.07. The number of rotatable bonds is 16. The Kier molecular flexibility index (Phi) is 12.4. The largest absolute Gasteiger partial charge is 0.393 e. The Morgan fingerprint density at radius 2 is 0.839 bits per heavy atom. The molecule has 0 saturated heterocycles. The molecule has 0 fully saturated rings. The van der Waals surface area contributed by atoms with Crippen molar-refractivity contribution < 1.29 is 115 Å². The normalized spacial score (nSPS) is 14.8. The van der Waals surface area contributed by atoms with E-state index in [1.54, 1.807) is 0 Å². The van der Waals surface area contributed by atoms with Crippen LogP contribution in [-0.2, 0) is 9.59 Å². The van der Waals surface area contributed by atoms with Crippen LogP contribution in [0.3, 0.4) is 0 Å². The van der Waals surface area contributed by atoms with Crippen LogP contribution >= 0.6 is 0 Å². The quantitative estimate of drug-likeness (QED) is 0.130. The standard InChI is InChI=1S/C26H12F24N4O2/c27-13(28)17(31,32)21(39,40)25(47,48)23(43,44)19(35,36)15(55)51-10-6-7-11(54-53-9-4-2-1-3-5-9)12(8-10)52-16(56)20(37,38)24(45,46)26(49,50)22(41,42)18(33,34)14(29)30/h1-8,13-14H,(H,51,55)(H,52,56). The van der Waals surface area contributed by atoms with Crippen LogP contribution in [0.25, 0.3) is 0 Å². The molecule has 0 heterocycles. The maximum Gasteiger partial charge on any atom is 0.393 e. The first-order valence-corrected chi connectivity index (χ1v) is 13.4. The van der Waals surface area contributed by atoms with Crippen LogP contribution in [0.1, 0.15) is 0 Å². The second-order valence-electron chi connectivity index (χ2n) is 10.6. The predicted molar refractivity (Wildman–Crippen MR) is 136 cm³/mol. The topological polar surface area (TPSA) is 82.9 Å². The number of amides is 2. The van der Waals surface area contributed by atoms with Gasteiger partial charge < -0.3 is 10.6 Å². The molecule has 0 radical (unpaired) electrons. The molecule has 0 aromatic heterocycles. The van der Waals surface area contributed by atoms with Gasteiger partial charge in [-0.25, -0.2) is 17.6 Å². The Morgan fingerprint density at radius 1 is 0.464 bits per heavy atom. The molecule has 2 N–H and O–H groups in total. The van der Waals surface area contributed by atoms with Crippen molar-refractivity contribution in [1.29, 1.82) is 0 Å². The number of benzene rings is 2. The minimum Gasteiger partial charge on any atom is -0.321 e. The highest BCUT2D eigenvalue weighted by Gasteiger charge is 2.90. The van der Waals surface area contributed by atoms with Crippen LogP contribution in [0.15, 0.2) is 58.8 Å². The Morgan fingerprint density at radius 3 is 1.21 bits per heavy atom. The molecule has 2 aromatic rings. The van der Waals surface area contributed by atoms with E-state index < -0.39 is 107 Å². The lowest BCUT2D eigenvalue weighted by atomic mass is 9.94. The molecule has 316 valence electrons. The van der Waals surface area contributed by atoms with E-state index >= 15 is 0 Å². The van der Waals surface area contributed by atoms with Crippen molar-refractivity contribution in [2.75, 3.05) is 10.6 Å². The summed E-state index contributed by atoms with van der Waals surface area (Å²) in [7, 11) is 0. The van der Waals surface area contributed by atoms with Gasteiger partial charge in [0.2, 0.25) is 0 Å². The fourth-order valence-electron chi connectivity index (χ4n) is 3.58. The van der Waals surface area contributed by atoms with Crippen LogP contribution in [0.4, 0.5) is 128 Å². The van der Waals surface area contributed by atoms with Gasteiger partial charge in [-0.3, -0.25) is 9.59 Å². The average molecular weight is 868 g/mol. The number of carbonyl (C=O) groups excluding carboxylic acids is 2. The first-order valence-electron chi connectivity index (χ1n) is 13.4. The van der Waals surface area contributed by atoms with E-state index in [-0.39, 0.29) is 17.8 Å². The summed E-state index contributed by atoms with van der Waals surface area (Å²) in [5, 5.41) is 7.30. The second-order valence-corrected chi connectivity index (χ2v) is 10.6. The lowest BCUT2D eigenvalue weighted by Gasteiger charge is -2.38. The monoisotopic (exact) mass is 868 g/mol. The third-order valence-electron chi connectivity index (χ3n) is 6.85. The summed E-state index contributed by atoms with van der Waals surface area (Å²) in [6, 6.07) is 5.40. The molecule has 0 aliphatic rings. The van der Waals surface area contributed by atoms with E-state index in [9.17, 15) is 115 Å². The Labute approximate surface area is 291 Å². The zero-order chi connectivity index (χ0) is 44.1. The van der Waals surface area contributed by atoms with Gasteiger partial charge in [0.1, 0.15) is 5.69 Å². The molecule has 0 bridgehead atoms. The van der Waals surface area contributed by atoms with E-state index in [0.29, 0.717) is 10.6 Å². The number of azo groups is 1. The smallest absolute Gasteiger partial charge is 0.321 e. The second kappa shape index (κ2) is 14.7. The predicted octanol–water partition coefficient (Wildman–Crippen LogP) is 10.9.